The number of quaternary nitrogens is 4. The predicted octanol–water partition coefficient (Wildman–Crippen LogP) is 3.26. The summed E-state index contributed by atoms with van der Waals surface area (Å²) in [5.41, 5.74) is 0. The van der Waals surface area contributed by atoms with E-state index < -0.39 is 61.1 Å². The van der Waals surface area contributed by atoms with E-state index in [4.69, 9.17) is 0 Å². The van der Waals surface area contributed by atoms with Gasteiger partial charge in [0.05, 0.1) is 179 Å². The first-order valence-corrected chi connectivity index (χ1v) is 44.8. The molecule has 0 spiro atoms. The van der Waals surface area contributed by atoms with Gasteiger partial charge in [0.25, 0.3) is 0 Å². The standard InChI is InChI=1S/C68H140N16O8S4/c1-13-17-37-81(5,6)41-21-33-69-93(85,86)49-25-29-53-57(45-49)65-74-61(53)73-62-54-30-26-50(94(87,88)70-34-22-42-82(7,8)38-18-14-2)46-58(54)66(75-62)77-64-56-32-28-52(96(91,92)72-36-24-44-84(11,12)40-20-16-4)48-60(56)68(79-64)80-67-59-47-51(27-31-55(59)63(76-65)78-67)95(89,90)71-35-23-43-83(9,10)39-19-15-3/h49-80H,13-48H2,1-12H3/q+4. The van der Waals surface area contributed by atoms with Gasteiger partial charge in [0.1, 0.15) is 0 Å². The molecule has 5 heterocycles. The molecule has 0 aromatic carbocycles. The number of hydrogen-bond donors (Lipinski definition) is 12. The molecule has 12 N–H and O–H groups in total. The summed E-state index contributed by atoms with van der Waals surface area (Å²) in [7, 11) is 3.06. The number of nitrogens with zero attached hydrogens (tertiary/aromatic N) is 4. The molecule has 28 heteroatoms. The lowest BCUT2D eigenvalue weighted by atomic mass is 9.76. The van der Waals surface area contributed by atoms with Crippen LogP contribution < -0.4 is 61.4 Å². The predicted molar refractivity (Wildman–Crippen MR) is 387 cm³/mol. The first-order valence-electron chi connectivity index (χ1n) is 38.6. The van der Waals surface area contributed by atoms with Crippen LogP contribution in [0.25, 0.3) is 0 Å². The molecule has 8 bridgehead atoms. The average Bonchev–Trinajstić information content (AvgIpc) is 1.59. The van der Waals surface area contributed by atoms with Crippen LogP contribution in [0.15, 0.2) is 0 Å². The van der Waals surface area contributed by atoms with Gasteiger partial charge >= 0.3 is 0 Å². The Kier molecular flexibility index (Phi) is 28.0. The summed E-state index contributed by atoms with van der Waals surface area (Å²) in [5.74, 6) is -0.109. The SMILES string of the molecule is CCCC[N+](C)(C)CCCNS(=O)(=O)C1CCC2C3NC4NC(NC5NC(NC6NC(NC(N3)C2C1)C1CCC(S(=O)(=O)NCCC[N+](C)(C)CCCC)CC61)C1CC(S(=O)(=O)NCCC[N+](C)(C)CCCC)CCC51)C1CC(S(=O)(=O)NCCC[N+](C)(C)CCCC)CCC41. The zero-order valence-corrected chi connectivity index (χ0v) is 65.0. The molecule has 0 radical (unpaired) electrons. The van der Waals surface area contributed by atoms with Crippen LogP contribution in [-0.4, -0.2) is 257 Å². The maximum Gasteiger partial charge on any atom is 0.214 e. The van der Waals surface area contributed by atoms with Gasteiger partial charge < -0.3 is 17.9 Å². The lowest BCUT2D eigenvalue weighted by Gasteiger charge is -2.39. The number of unbranched alkanes of at least 4 members (excludes halogenated alkanes) is 4. The Balaban J connectivity index is 1.00. The van der Waals surface area contributed by atoms with Crippen LogP contribution in [0.2, 0.25) is 0 Å². The molecule has 9 fully saturated rings. The van der Waals surface area contributed by atoms with Gasteiger partial charge in [-0.1, -0.05) is 53.4 Å². The zero-order chi connectivity index (χ0) is 69.5. The highest BCUT2D eigenvalue weighted by Crippen LogP contribution is 2.48. The lowest BCUT2D eigenvalue weighted by Crippen LogP contribution is -2.61. The lowest BCUT2D eigenvalue weighted by molar-refractivity contribution is -0.890. The highest BCUT2D eigenvalue weighted by molar-refractivity contribution is 7.90. The van der Waals surface area contributed by atoms with Crippen LogP contribution in [0, 0.1) is 47.3 Å². The minimum atomic E-state index is -3.70. The topological polar surface area (TPSA) is 281 Å². The molecule has 9 aliphatic rings. The smallest absolute Gasteiger partial charge is 0.214 e. The minimum Gasteiger partial charge on any atom is -0.328 e. The van der Waals surface area contributed by atoms with Crippen molar-refractivity contribution in [2.75, 3.05) is 135 Å². The molecular weight excluding hydrogens is 1300 g/mol. The van der Waals surface area contributed by atoms with E-state index in [1.165, 1.54) is 0 Å². The monoisotopic (exact) mass is 1440 g/mol. The zero-order valence-electron chi connectivity index (χ0n) is 61.7. The Hall–Kier alpha value is -0.840. The largest absolute Gasteiger partial charge is 0.328 e. The molecule has 9 rings (SSSR count). The molecule has 560 valence electrons. The van der Waals surface area contributed by atoms with E-state index in [9.17, 15) is 33.7 Å². The van der Waals surface area contributed by atoms with Gasteiger partial charge in [-0.2, -0.15) is 0 Å². The highest BCUT2D eigenvalue weighted by Gasteiger charge is 2.58. The summed E-state index contributed by atoms with van der Waals surface area (Å²) in [4.78, 5) is 0. The quantitative estimate of drug-likeness (QED) is 0.0317. The molecule has 0 aromatic heterocycles. The third-order valence-electron chi connectivity index (χ3n) is 25.1. The van der Waals surface area contributed by atoms with Crippen molar-refractivity contribution in [3.63, 3.8) is 0 Å². The highest BCUT2D eigenvalue weighted by atomic mass is 32.2. The summed E-state index contributed by atoms with van der Waals surface area (Å²) in [5, 5.41) is 30.4. The van der Waals surface area contributed by atoms with Crippen molar-refractivity contribution in [2.45, 2.75) is 252 Å². The molecule has 0 aromatic rings. The average molecular weight is 1440 g/mol. The molecule has 4 aliphatic carbocycles. The molecule has 20 atom stereocenters. The summed E-state index contributed by atoms with van der Waals surface area (Å²) < 4.78 is 132. The Morgan fingerprint density at radius 3 is 0.604 bits per heavy atom. The molecule has 24 nitrogen and oxygen atoms in total. The maximum atomic E-state index is 14.6. The van der Waals surface area contributed by atoms with E-state index in [1.54, 1.807) is 0 Å². The number of nitrogens with one attached hydrogen (secondary N) is 12. The first-order chi connectivity index (χ1) is 45.3. The van der Waals surface area contributed by atoms with Crippen LogP contribution in [-0.2, 0) is 40.1 Å². The first kappa shape index (κ1) is 79.3. The minimum absolute atomic E-state index is 0.0369. The number of sulfonamides is 4. The van der Waals surface area contributed by atoms with Gasteiger partial charge in [0.2, 0.25) is 40.1 Å². The Labute approximate surface area is 584 Å². The van der Waals surface area contributed by atoms with Crippen LogP contribution in [0.4, 0.5) is 0 Å². The van der Waals surface area contributed by atoms with Crippen molar-refractivity contribution >= 4 is 40.1 Å². The van der Waals surface area contributed by atoms with Gasteiger partial charge in [0, 0.05) is 51.9 Å². The second kappa shape index (κ2) is 33.9. The summed E-state index contributed by atoms with van der Waals surface area (Å²) in [6.07, 6.45) is 16.6. The molecule has 4 saturated carbocycles. The van der Waals surface area contributed by atoms with Crippen LogP contribution >= 0.6 is 0 Å². The molecular formula is C68H140N16O8S4+4. The van der Waals surface area contributed by atoms with Crippen LogP contribution in [0.5, 0.6) is 0 Å². The van der Waals surface area contributed by atoms with E-state index in [-0.39, 0.29) is 96.7 Å². The van der Waals surface area contributed by atoms with Crippen molar-refractivity contribution in [2.24, 2.45) is 47.3 Å². The van der Waals surface area contributed by atoms with Gasteiger partial charge in [-0.15, -0.1) is 0 Å². The third kappa shape index (κ3) is 20.8. The van der Waals surface area contributed by atoms with E-state index in [0.717, 1.165) is 147 Å². The van der Waals surface area contributed by atoms with Crippen molar-refractivity contribution < 1.29 is 51.6 Å². The van der Waals surface area contributed by atoms with E-state index in [0.29, 0.717) is 103 Å². The number of rotatable bonds is 36. The van der Waals surface area contributed by atoms with Gasteiger partial charge in [0.15, 0.2) is 0 Å². The molecule has 0 amide bonds. The van der Waals surface area contributed by atoms with Crippen LogP contribution in [0.3, 0.4) is 0 Å². The van der Waals surface area contributed by atoms with Crippen molar-refractivity contribution in [3.8, 4) is 0 Å². The van der Waals surface area contributed by atoms with Crippen molar-refractivity contribution in [1.82, 2.24) is 61.4 Å². The van der Waals surface area contributed by atoms with Crippen molar-refractivity contribution in [3.05, 3.63) is 0 Å². The Bertz CT molecular complexity index is 2720. The van der Waals surface area contributed by atoms with Crippen molar-refractivity contribution in [1.29, 1.82) is 0 Å². The van der Waals surface area contributed by atoms with Gasteiger partial charge in [-0.3, -0.25) is 42.5 Å². The summed E-state index contributed by atoms with van der Waals surface area (Å²) in [6, 6.07) is 0. The van der Waals surface area contributed by atoms with Crippen LogP contribution in [0.1, 0.15) is 182 Å². The maximum absolute atomic E-state index is 14.6. The Morgan fingerprint density at radius 1 is 0.260 bits per heavy atom. The fourth-order valence-electron chi connectivity index (χ4n) is 19.1. The third-order valence-corrected chi connectivity index (χ3v) is 32.8. The fourth-order valence-corrected chi connectivity index (χ4v) is 25.5. The number of hydrogen-bond acceptors (Lipinski definition) is 16. The molecule has 96 heavy (non-hydrogen) atoms. The second-order valence-electron chi connectivity index (χ2n) is 34.3. The second-order valence-corrected chi connectivity index (χ2v) is 42.5. The Morgan fingerprint density at radius 2 is 0.427 bits per heavy atom. The van der Waals surface area contributed by atoms with E-state index >= 15 is 0 Å². The van der Waals surface area contributed by atoms with E-state index in [1.807, 2.05) is 0 Å². The molecule has 5 saturated heterocycles. The number of fused-ring (bicyclic) bond motifs is 20. The van der Waals surface area contributed by atoms with Gasteiger partial charge in [-0.25, -0.2) is 52.6 Å². The molecule has 20 unspecified atom stereocenters. The summed E-state index contributed by atoms with van der Waals surface area (Å²) in [6.45, 7) is 18.2. The fraction of sp³-hybridized carbons (Fsp3) is 1.00. The molecule has 5 aliphatic heterocycles. The van der Waals surface area contributed by atoms with E-state index in [2.05, 4.69) is 145 Å². The summed E-state index contributed by atoms with van der Waals surface area (Å²) >= 11 is 0. The van der Waals surface area contributed by atoms with Gasteiger partial charge in [-0.05, 0) is 150 Å². The normalized spacial score (nSPS) is 35.5.